The number of carbonyl (C=O) groups is 2. The van der Waals surface area contributed by atoms with Gasteiger partial charge in [0.2, 0.25) is 11.8 Å². The summed E-state index contributed by atoms with van der Waals surface area (Å²) in [5.41, 5.74) is 0.932. The van der Waals surface area contributed by atoms with Gasteiger partial charge >= 0.3 is 0 Å². The second-order valence-electron chi connectivity index (χ2n) is 5.85. The van der Waals surface area contributed by atoms with Gasteiger partial charge in [0.25, 0.3) is 0 Å². The normalized spacial score (nSPS) is 13.8. The minimum absolute atomic E-state index is 0.00456. The number of hydrogen-bond donors (Lipinski definition) is 1. The lowest BCUT2D eigenvalue weighted by Gasteiger charge is -2.17. The molecular weight excluding hydrogens is 323 g/mol. The predicted molar refractivity (Wildman–Crippen MR) is 91.6 cm³/mol. The highest BCUT2D eigenvalue weighted by Gasteiger charge is 2.23. The number of nitrogens with zero attached hydrogens (tertiary/aromatic N) is 1. The number of carbonyl (C=O) groups excluding carboxylic acids is 2. The Labute approximate surface area is 145 Å². The highest BCUT2D eigenvalue weighted by molar-refractivity contribution is 5.96. The van der Waals surface area contributed by atoms with Gasteiger partial charge in [0.15, 0.2) is 5.82 Å². The molecule has 25 heavy (non-hydrogen) atoms. The van der Waals surface area contributed by atoms with Gasteiger partial charge in [-0.1, -0.05) is 36.4 Å². The summed E-state index contributed by atoms with van der Waals surface area (Å²) in [6.45, 7) is 0.740. The standard InChI is InChI=1S/C19H19FN2O3/c20-15-8-4-9-16(25-13-14-6-2-1-3-7-14)19(15)21-17(23)12-22-11-5-10-18(22)24/h1-4,6-9H,5,10-13H2,(H,21,23). The number of nitrogens with one attached hydrogen (secondary N) is 1. The van der Waals surface area contributed by atoms with Crippen LogP contribution in [0.4, 0.5) is 10.1 Å². The van der Waals surface area contributed by atoms with Gasteiger partial charge in [0, 0.05) is 13.0 Å². The molecule has 2 aromatic carbocycles. The number of hydrogen-bond acceptors (Lipinski definition) is 3. The van der Waals surface area contributed by atoms with Gasteiger partial charge in [-0.3, -0.25) is 9.59 Å². The highest BCUT2D eigenvalue weighted by Crippen LogP contribution is 2.28. The largest absolute Gasteiger partial charge is 0.487 e. The molecule has 0 aliphatic carbocycles. The van der Waals surface area contributed by atoms with Crippen LogP contribution in [0.25, 0.3) is 0 Å². The fourth-order valence-corrected chi connectivity index (χ4v) is 2.70. The molecule has 0 aromatic heterocycles. The van der Waals surface area contributed by atoms with Crippen LogP contribution >= 0.6 is 0 Å². The van der Waals surface area contributed by atoms with E-state index in [-0.39, 0.29) is 30.5 Å². The first kappa shape index (κ1) is 17.0. The van der Waals surface area contributed by atoms with Crippen molar-refractivity contribution in [3.8, 4) is 5.75 Å². The fraction of sp³-hybridized carbons (Fsp3) is 0.263. The van der Waals surface area contributed by atoms with Gasteiger partial charge in [-0.15, -0.1) is 0 Å². The number of likely N-dealkylation sites (tertiary alicyclic amines) is 1. The van der Waals surface area contributed by atoms with Gasteiger partial charge in [-0.05, 0) is 24.1 Å². The molecule has 1 heterocycles. The number of halogens is 1. The van der Waals surface area contributed by atoms with Crippen molar-refractivity contribution in [1.29, 1.82) is 0 Å². The molecule has 2 aromatic rings. The Morgan fingerprint density at radius 3 is 2.68 bits per heavy atom. The molecule has 6 heteroatoms. The molecule has 130 valence electrons. The summed E-state index contributed by atoms with van der Waals surface area (Å²) in [5.74, 6) is -0.814. The number of benzene rings is 2. The highest BCUT2D eigenvalue weighted by atomic mass is 19.1. The predicted octanol–water partition coefficient (Wildman–Crippen LogP) is 2.97. The summed E-state index contributed by atoms with van der Waals surface area (Å²) < 4.78 is 19.8. The first-order valence-corrected chi connectivity index (χ1v) is 8.16. The van der Waals surface area contributed by atoms with E-state index < -0.39 is 11.7 Å². The fourth-order valence-electron chi connectivity index (χ4n) is 2.70. The van der Waals surface area contributed by atoms with Crippen molar-refractivity contribution >= 4 is 17.5 Å². The van der Waals surface area contributed by atoms with Gasteiger partial charge < -0.3 is 15.0 Å². The molecule has 1 aliphatic heterocycles. The Morgan fingerprint density at radius 1 is 1.16 bits per heavy atom. The van der Waals surface area contributed by atoms with Crippen LogP contribution < -0.4 is 10.1 Å². The van der Waals surface area contributed by atoms with E-state index in [1.54, 1.807) is 6.07 Å². The average molecular weight is 342 g/mol. The van der Waals surface area contributed by atoms with E-state index in [0.29, 0.717) is 13.0 Å². The van der Waals surface area contributed by atoms with E-state index >= 15 is 0 Å². The lowest BCUT2D eigenvalue weighted by atomic mass is 10.2. The number of ether oxygens (including phenoxy) is 1. The molecule has 0 saturated carbocycles. The second-order valence-corrected chi connectivity index (χ2v) is 5.85. The lowest BCUT2D eigenvalue weighted by molar-refractivity contribution is -0.131. The average Bonchev–Trinajstić information content (AvgIpc) is 3.01. The molecule has 0 unspecified atom stereocenters. The summed E-state index contributed by atoms with van der Waals surface area (Å²) in [7, 11) is 0. The Balaban J connectivity index is 1.67. The zero-order valence-electron chi connectivity index (χ0n) is 13.7. The van der Waals surface area contributed by atoms with Gasteiger partial charge in [0.1, 0.15) is 18.0 Å². The van der Waals surface area contributed by atoms with Crippen molar-refractivity contribution in [2.75, 3.05) is 18.4 Å². The Hall–Kier alpha value is -2.89. The van der Waals surface area contributed by atoms with Crippen molar-refractivity contribution in [3.63, 3.8) is 0 Å². The van der Waals surface area contributed by atoms with Crippen LogP contribution in [0.15, 0.2) is 48.5 Å². The van der Waals surface area contributed by atoms with Gasteiger partial charge in [-0.25, -0.2) is 4.39 Å². The Bertz CT molecular complexity index is 765. The third kappa shape index (κ3) is 4.35. The van der Waals surface area contributed by atoms with Crippen molar-refractivity contribution in [1.82, 2.24) is 4.90 Å². The lowest BCUT2D eigenvalue weighted by Crippen LogP contribution is -2.34. The smallest absolute Gasteiger partial charge is 0.244 e. The minimum atomic E-state index is -0.577. The molecule has 1 N–H and O–H groups in total. The quantitative estimate of drug-likeness (QED) is 0.878. The summed E-state index contributed by atoms with van der Waals surface area (Å²) in [6, 6.07) is 13.9. The van der Waals surface area contributed by atoms with Crippen molar-refractivity contribution in [2.45, 2.75) is 19.4 Å². The van der Waals surface area contributed by atoms with E-state index in [1.165, 1.54) is 17.0 Å². The molecule has 0 radical (unpaired) electrons. The van der Waals surface area contributed by atoms with E-state index in [9.17, 15) is 14.0 Å². The molecule has 0 atom stereocenters. The molecule has 0 bridgehead atoms. The summed E-state index contributed by atoms with van der Waals surface area (Å²) in [4.78, 5) is 25.2. The molecule has 0 spiro atoms. The summed E-state index contributed by atoms with van der Waals surface area (Å²) in [5, 5.41) is 2.53. The van der Waals surface area contributed by atoms with Crippen LogP contribution in [0.2, 0.25) is 0 Å². The SMILES string of the molecule is O=C(CN1CCCC1=O)Nc1c(F)cccc1OCc1ccccc1. The Morgan fingerprint density at radius 2 is 1.96 bits per heavy atom. The van der Waals surface area contributed by atoms with E-state index in [1.807, 2.05) is 30.3 Å². The summed E-state index contributed by atoms with van der Waals surface area (Å²) in [6.07, 6.45) is 1.20. The third-order valence-electron chi connectivity index (χ3n) is 3.98. The van der Waals surface area contributed by atoms with Crippen LogP contribution in [0.1, 0.15) is 18.4 Å². The van der Waals surface area contributed by atoms with Gasteiger partial charge in [-0.2, -0.15) is 0 Å². The maximum Gasteiger partial charge on any atom is 0.244 e. The maximum absolute atomic E-state index is 14.2. The number of rotatable bonds is 6. The van der Waals surface area contributed by atoms with Crippen molar-refractivity contribution in [2.24, 2.45) is 0 Å². The molecule has 5 nitrogen and oxygen atoms in total. The van der Waals surface area contributed by atoms with Crippen LogP contribution in [-0.4, -0.2) is 29.8 Å². The molecule has 3 rings (SSSR count). The minimum Gasteiger partial charge on any atom is -0.487 e. The van der Waals surface area contributed by atoms with E-state index in [2.05, 4.69) is 5.32 Å². The zero-order valence-corrected chi connectivity index (χ0v) is 13.7. The first-order chi connectivity index (χ1) is 12.1. The van der Waals surface area contributed by atoms with Crippen LogP contribution in [0.5, 0.6) is 5.75 Å². The van der Waals surface area contributed by atoms with E-state index in [4.69, 9.17) is 4.74 Å². The number of para-hydroxylation sites is 1. The molecule has 1 aliphatic rings. The zero-order chi connectivity index (χ0) is 17.6. The number of amides is 2. The monoisotopic (exact) mass is 342 g/mol. The second kappa shape index (κ2) is 7.79. The molecule has 2 amide bonds. The molecule has 1 saturated heterocycles. The third-order valence-corrected chi connectivity index (χ3v) is 3.98. The summed E-state index contributed by atoms with van der Waals surface area (Å²) >= 11 is 0. The maximum atomic E-state index is 14.2. The van der Waals surface area contributed by atoms with Crippen molar-refractivity contribution in [3.05, 3.63) is 59.9 Å². The number of anilines is 1. The first-order valence-electron chi connectivity index (χ1n) is 8.16. The van der Waals surface area contributed by atoms with Crippen LogP contribution in [-0.2, 0) is 16.2 Å². The van der Waals surface area contributed by atoms with Crippen molar-refractivity contribution < 1.29 is 18.7 Å². The van der Waals surface area contributed by atoms with Crippen LogP contribution in [0, 0.1) is 5.82 Å². The Kier molecular flexibility index (Phi) is 5.28. The topological polar surface area (TPSA) is 58.6 Å². The van der Waals surface area contributed by atoms with Gasteiger partial charge in [0.05, 0.1) is 6.54 Å². The molecular formula is C19H19FN2O3. The van der Waals surface area contributed by atoms with E-state index in [0.717, 1.165) is 12.0 Å². The van der Waals surface area contributed by atoms with Crippen LogP contribution in [0.3, 0.4) is 0 Å². The molecule has 1 fully saturated rings.